The van der Waals surface area contributed by atoms with Crippen molar-refractivity contribution in [3.8, 4) is 0 Å². The largest absolute Gasteiger partial charge is 0.372 e. The Morgan fingerprint density at radius 1 is 0.750 bits per heavy atom. The molecule has 0 saturated heterocycles. The van der Waals surface area contributed by atoms with Crippen LogP contribution in [0.2, 0.25) is 0 Å². The van der Waals surface area contributed by atoms with Gasteiger partial charge in [0.25, 0.3) is 0 Å². The number of hydrogen-bond acceptors (Lipinski definition) is 6. The Hall–Kier alpha value is -2.70. The van der Waals surface area contributed by atoms with Crippen molar-refractivity contribution in [2.75, 3.05) is 0 Å². The van der Waals surface area contributed by atoms with Crippen molar-refractivity contribution in [1.82, 2.24) is 0 Å². The lowest BCUT2D eigenvalue weighted by Gasteiger charge is -1.92. The summed E-state index contributed by atoms with van der Waals surface area (Å²) in [5.41, 5.74) is 0.676. The van der Waals surface area contributed by atoms with Crippen molar-refractivity contribution in [2.24, 2.45) is 0 Å². The Bertz CT molecular complexity index is 503. The molecule has 0 spiro atoms. The predicted octanol–water partition coefficient (Wildman–Crippen LogP) is 4.69. The number of rotatable bonds is 2. The van der Waals surface area contributed by atoms with Gasteiger partial charge in [-0.2, -0.15) is 10.5 Å². The summed E-state index contributed by atoms with van der Waals surface area (Å²) in [6, 6.07) is 16.5. The fourth-order valence-corrected chi connectivity index (χ4v) is 1.25. The van der Waals surface area contributed by atoms with Crippen LogP contribution in [0, 0.1) is 0 Å². The summed E-state index contributed by atoms with van der Waals surface area (Å²) in [4.78, 5) is 28.1. The minimum absolute atomic E-state index is 0. The van der Waals surface area contributed by atoms with Gasteiger partial charge in [-0.3, -0.25) is 9.78 Å². The van der Waals surface area contributed by atoms with Gasteiger partial charge in [0.1, 0.15) is 0 Å². The first kappa shape index (κ1) is 23.6. The second-order valence-electron chi connectivity index (χ2n) is 4.20. The highest BCUT2D eigenvalue weighted by molar-refractivity contribution is 5.89. The van der Waals surface area contributed by atoms with Crippen LogP contribution < -0.4 is 0 Å². The summed E-state index contributed by atoms with van der Waals surface area (Å²) in [6.07, 6.45) is 1.25. The van der Waals surface area contributed by atoms with Crippen molar-refractivity contribution in [1.29, 1.82) is 0 Å². The third-order valence-electron chi connectivity index (χ3n) is 2.18. The van der Waals surface area contributed by atoms with Gasteiger partial charge in [0.15, 0.2) is 0 Å². The molecule has 0 fully saturated rings. The molecule has 2 N–H and O–H groups in total. The monoisotopic (exact) mass is 336 g/mol. The van der Waals surface area contributed by atoms with E-state index in [2.05, 4.69) is 23.6 Å². The quantitative estimate of drug-likeness (QED) is 0.610. The summed E-state index contributed by atoms with van der Waals surface area (Å²) in [5.74, 6) is -1.47. The molecule has 132 valence electrons. The second kappa shape index (κ2) is 15.2. The predicted molar refractivity (Wildman–Crippen MR) is 91.7 cm³/mol. The molecule has 6 nitrogen and oxygen atoms in total. The lowest BCUT2D eigenvalue weighted by Crippen LogP contribution is -2.00. The van der Waals surface area contributed by atoms with E-state index in [1.54, 1.807) is 60.7 Å². The van der Waals surface area contributed by atoms with Gasteiger partial charge >= 0.3 is 11.9 Å². The van der Waals surface area contributed by atoms with E-state index in [-0.39, 0.29) is 7.43 Å². The Morgan fingerprint density at radius 2 is 1.00 bits per heavy atom. The maximum absolute atomic E-state index is 10.5. The van der Waals surface area contributed by atoms with Crippen LogP contribution in [-0.2, 0) is 9.78 Å². The Labute approximate surface area is 142 Å². The zero-order valence-electron chi connectivity index (χ0n) is 13.0. The summed E-state index contributed by atoms with van der Waals surface area (Å²) in [5, 5.41) is 15.9. The fourth-order valence-electron chi connectivity index (χ4n) is 1.25. The molecule has 0 radical (unpaired) electrons. The topological polar surface area (TPSA) is 93.1 Å². The average molecular weight is 336 g/mol. The van der Waals surface area contributed by atoms with Crippen LogP contribution in [0.4, 0.5) is 0 Å². The average Bonchev–Trinajstić information content (AvgIpc) is 2.63. The maximum atomic E-state index is 10.5. The van der Waals surface area contributed by atoms with Crippen molar-refractivity contribution in [2.45, 2.75) is 27.7 Å². The van der Waals surface area contributed by atoms with Crippen molar-refractivity contribution >= 4 is 11.9 Å². The molecule has 2 aromatic rings. The van der Waals surface area contributed by atoms with Gasteiger partial charge in [-0.05, 0) is 24.3 Å². The molecule has 0 aromatic heterocycles. The molecule has 0 bridgehead atoms. The summed E-state index contributed by atoms with van der Waals surface area (Å²) >= 11 is 0. The SMILES string of the molecule is C.CCC.O=C(OO)c1ccccc1.O=C(OO)c1ccccc1. The first-order chi connectivity index (χ1) is 11.1. The Morgan fingerprint density at radius 3 is 1.21 bits per heavy atom. The van der Waals surface area contributed by atoms with Crippen LogP contribution >= 0.6 is 0 Å². The van der Waals surface area contributed by atoms with Crippen LogP contribution in [0.15, 0.2) is 60.7 Å². The number of hydrogen-bond donors (Lipinski definition) is 2. The van der Waals surface area contributed by atoms with Crippen molar-refractivity contribution in [3.63, 3.8) is 0 Å². The van der Waals surface area contributed by atoms with Gasteiger partial charge in [0.05, 0.1) is 11.1 Å². The molecule has 0 unspecified atom stereocenters. The molecule has 0 aliphatic rings. The van der Waals surface area contributed by atoms with Gasteiger partial charge in [0, 0.05) is 0 Å². The van der Waals surface area contributed by atoms with E-state index in [9.17, 15) is 9.59 Å². The molecule has 24 heavy (non-hydrogen) atoms. The fraction of sp³-hybridized carbons (Fsp3) is 0.222. The first-order valence-corrected chi connectivity index (χ1v) is 6.92. The Balaban J connectivity index is 0. The molecule has 0 amide bonds. The summed E-state index contributed by atoms with van der Waals surface area (Å²) in [6.45, 7) is 4.25. The third kappa shape index (κ3) is 10.1. The zero-order chi connectivity index (χ0) is 17.5. The van der Waals surface area contributed by atoms with Crippen molar-refractivity contribution < 1.29 is 29.9 Å². The van der Waals surface area contributed by atoms with Gasteiger partial charge < -0.3 is 0 Å². The van der Waals surface area contributed by atoms with Crippen LogP contribution in [0.3, 0.4) is 0 Å². The molecule has 6 heteroatoms. The highest BCUT2D eigenvalue weighted by Gasteiger charge is 2.03. The highest BCUT2D eigenvalue weighted by atomic mass is 17.1. The van der Waals surface area contributed by atoms with Gasteiger partial charge in [-0.25, -0.2) is 9.59 Å². The van der Waals surface area contributed by atoms with Crippen molar-refractivity contribution in [3.05, 3.63) is 71.8 Å². The first-order valence-electron chi connectivity index (χ1n) is 6.92. The van der Waals surface area contributed by atoms with Gasteiger partial charge in [0.2, 0.25) is 0 Å². The molecule has 0 aliphatic carbocycles. The smallest absolute Gasteiger partial charge is 0.296 e. The normalized spacial score (nSPS) is 8.17. The zero-order valence-corrected chi connectivity index (χ0v) is 13.0. The second-order valence-corrected chi connectivity index (χ2v) is 4.20. The minimum atomic E-state index is -0.736. The number of benzene rings is 2. The number of carbonyl (C=O) groups is 2. The van der Waals surface area contributed by atoms with Crippen LogP contribution in [-0.4, -0.2) is 22.5 Å². The molecule has 0 atom stereocenters. The molecule has 2 aromatic carbocycles. The molecule has 0 saturated carbocycles. The van der Waals surface area contributed by atoms with E-state index >= 15 is 0 Å². The molecular weight excluding hydrogens is 312 g/mol. The van der Waals surface area contributed by atoms with E-state index in [0.29, 0.717) is 11.1 Å². The van der Waals surface area contributed by atoms with E-state index in [0.717, 1.165) is 0 Å². The van der Waals surface area contributed by atoms with Crippen LogP contribution in [0.1, 0.15) is 48.4 Å². The third-order valence-corrected chi connectivity index (χ3v) is 2.18. The molecular formula is C18H24O6. The lowest BCUT2D eigenvalue weighted by molar-refractivity contribution is -0.182. The van der Waals surface area contributed by atoms with E-state index in [1.807, 2.05) is 0 Å². The van der Waals surface area contributed by atoms with E-state index in [4.69, 9.17) is 10.5 Å². The highest BCUT2D eigenvalue weighted by Crippen LogP contribution is 1.99. The van der Waals surface area contributed by atoms with Crippen LogP contribution in [0.5, 0.6) is 0 Å². The molecule has 0 aliphatic heterocycles. The van der Waals surface area contributed by atoms with E-state index in [1.165, 1.54) is 6.42 Å². The lowest BCUT2D eigenvalue weighted by atomic mass is 10.2. The maximum Gasteiger partial charge on any atom is 0.372 e. The van der Waals surface area contributed by atoms with Gasteiger partial charge in [-0.1, -0.05) is 64.1 Å². The van der Waals surface area contributed by atoms with Gasteiger partial charge in [-0.15, -0.1) is 0 Å². The summed E-state index contributed by atoms with van der Waals surface area (Å²) < 4.78 is 0. The minimum Gasteiger partial charge on any atom is -0.296 e. The van der Waals surface area contributed by atoms with E-state index < -0.39 is 11.9 Å². The summed E-state index contributed by atoms with van der Waals surface area (Å²) in [7, 11) is 0. The van der Waals surface area contributed by atoms with Crippen LogP contribution in [0.25, 0.3) is 0 Å². The Kier molecular flexibility index (Phi) is 14.9. The standard InChI is InChI=1S/2C7H6O3.C3H8.CH4/c2*8-7(10-9)6-4-2-1-3-5-6;1-3-2;/h2*1-5,9H;3H2,1-2H3;1H4. The molecule has 2 rings (SSSR count). The molecule has 0 heterocycles. The number of carbonyl (C=O) groups excluding carboxylic acids is 2.